The van der Waals surface area contributed by atoms with Gasteiger partial charge in [0.1, 0.15) is 0 Å². The maximum Gasteiger partial charge on any atom is 0.323 e. The molecule has 0 unspecified atom stereocenters. The van der Waals surface area contributed by atoms with E-state index in [0.717, 1.165) is 42.1 Å². The van der Waals surface area contributed by atoms with Gasteiger partial charge in [-0.05, 0) is 74.5 Å². The van der Waals surface area contributed by atoms with E-state index in [0.29, 0.717) is 11.4 Å². The van der Waals surface area contributed by atoms with Crippen molar-refractivity contribution in [3.63, 3.8) is 0 Å². The number of rotatable bonds is 8. The van der Waals surface area contributed by atoms with E-state index < -0.39 is 0 Å². The molecule has 5 aromatic rings. The molecule has 0 bridgehead atoms. The summed E-state index contributed by atoms with van der Waals surface area (Å²) in [5, 5.41) is 11.7. The van der Waals surface area contributed by atoms with E-state index in [2.05, 4.69) is 33.4 Å². The van der Waals surface area contributed by atoms with Crippen LogP contribution in [-0.2, 0) is 0 Å². The zero-order valence-electron chi connectivity index (χ0n) is 23.2. The van der Waals surface area contributed by atoms with Crippen molar-refractivity contribution in [2.75, 3.05) is 21.3 Å². The molecule has 6 nitrogen and oxygen atoms in total. The topological polar surface area (TPSA) is 82.3 Å². The molecule has 0 aromatic heterocycles. The number of amides is 4. The molecule has 0 atom stereocenters. The van der Waals surface area contributed by atoms with Crippen molar-refractivity contribution in [2.45, 2.75) is 33.4 Å². The molecule has 0 radical (unpaired) electrons. The van der Waals surface area contributed by atoms with Crippen molar-refractivity contribution in [1.82, 2.24) is 0 Å². The van der Waals surface area contributed by atoms with Gasteiger partial charge in [-0.2, -0.15) is 0 Å². The average molecular weight is 591 g/mol. The van der Waals surface area contributed by atoms with E-state index in [9.17, 15) is 9.59 Å². The molecular formula is C34H30N4O2S2. The summed E-state index contributed by atoms with van der Waals surface area (Å²) in [6, 6.07) is 38.3. The van der Waals surface area contributed by atoms with Crippen LogP contribution in [0, 0.1) is 13.8 Å². The Labute approximate surface area is 254 Å². The number of para-hydroxylation sites is 2. The summed E-state index contributed by atoms with van der Waals surface area (Å²) in [5.41, 5.74) is 5.13. The molecule has 5 rings (SSSR count). The van der Waals surface area contributed by atoms with E-state index in [1.54, 1.807) is 23.5 Å². The molecule has 0 aliphatic heterocycles. The minimum Gasteiger partial charge on any atom is -0.308 e. The first-order valence-electron chi connectivity index (χ1n) is 13.3. The van der Waals surface area contributed by atoms with Crippen LogP contribution >= 0.6 is 23.5 Å². The van der Waals surface area contributed by atoms with Crippen molar-refractivity contribution in [3.8, 4) is 0 Å². The SMILES string of the molecule is Cc1ccc(NC(=O)Nc2ccccc2Sc2ccccc2Sc2ccccc2NC(=O)Nc2ccc(C)cc2)cc1. The molecule has 5 aromatic carbocycles. The maximum absolute atomic E-state index is 12.8. The molecule has 4 amide bonds. The standard InChI is InChI=1S/C34H30N4O2S2/c1-23-15-19-25(20-16-23)35-33(39)37-27-9-3-5-11-29(27)41-31-13-7-8-14-32(31)42-30-12-6-4-10-28(30)38-34(40)36-26-21-17-24(2)18-22-26/h3-22H,1-2H3,(H2,35,37,39)(H2,36,38,40). The lowest BCUT2D eigenvalue weighted by Gasteiger charge is -2.15. The second-order valence-electron chi connectivity index (χ2n) is 9.53. The second-order valence-corrected chi connectivity index (χ2v) is 11.7. The van der Waals surface area contributed by atoms with Crippen LogP contribution in [0.15, 0.2) is 141 Å². The molecule has 0 spiro atoms. The smallest absolute Gasteiger partial charge is 0.308 e. The zero-order valence-corrected chi connectivity index (χ0v) is 24.8. The Morgan fingerprint density at radius 3 is 1.14 bits per heavy atom. The minimum atomic E-state index is -0.307. The van der Waals surface area contributed by atoms with Crippen LogP contribution in [0.3, 0.4) is 0 Å². The molecule has 0 aliphatic rings. The Hall–Kier alpha value is -4.66. The van der Waals surface area contributed by atoms with Crippen LogP contribution in [0.1, 0.15) is 11.1 Å². The number of benzene rings is 5. The number of nitrogens with one attached hydrogen (secondary N) is 4. The molecule has 0 fully saturated rings. The lowest BCUT2D eigenvalue weighted by molar-refractivity contribution is 0.261. The van der Waals surface area contributed by atoms with Gasteiger partial charge in [0.15, 0.2) is 0 Å². The van der Waals surface area contributed by atoms with Crippen LogP contribution in [0.5, 0.6) is 0 Å². The Kier molecular flexibility index (Phi) is 9.48. The quantitative estimate of drug-likeness (QED) is 0.145. The Balaban J connectivity index is 1.29. The Morgan fingerprint density at radius 1 is 0.429 bits per heavy atom. The van der Waals surface area contributed by atoms with Gasteiger partial charge in [-0.3, -0.25) is 0 Å². The summed E-state index contributed by atoms with van der Waals surface area (Å²) in [6.45, 7) is 4.01. The number of carbonyl (C=O) groups excluding carboxylic acids is 2. The van der Waals surface area contributed by atoms with Crippen molar-refractivity contribution in [2.24, 2.45) is 0 Å². The second kappa shape index (κ2) is 13.8. The number of carbonyl (C=O) groups is 2. The highest BCUT2D eigenvalue weighted by Crippen LogP contribution is 2.42. The lowest BCUT2D eigenvalue weighted by Crippen LogP contribution is -2.19. The monoisotopic (exact) mass is 590 g/mol. The summed E-state index contributed by atoms with van der Waals surface area (Å²) in [5.74, 6) is 0. The largest absolute Gasteiger partial charge is 0.323 e. The third kappa shape index (κ3) is 7.96. The number of anilines is 4. The van der Waals surface area contributed by atoms with E-state index in [-0.39, 0.29) is 12.1 Å². The van der Waals surface area contributed by atoms with Crippen LogP contribution in [0.4, 0.5) is 32.3 Å². The number of hydrogen-bond acceptors (Lipinski definition) is 4. The normalized spacial score (nSPS) is 10.5. The number of hydrogen-bond donors (Lipinski definition) is 4. The molecular weight excluding hydrogens is 561 g/mol. The summed E-state index contributed by atoms with van der Waals surface area (Å²) in [6.07, 6.45) is 0. The summed E-state index contributed by atoms with van der Waals surface area (Å²) in [4.78, 5) is 29.4. The lowest BCUT2D eigenvalue weighted by atomic mass is 10.2. The van der Waals surface area contributed by atoms with Crippen LogP contribution in [0.25, 0.3) is 0 Å². The molecule has 0 aliphatic carbocycles. The van der Waals surface area contributed by atoms with Gasteiger partial charge in [-0.1, -0.05) is 95.3 Å². The van der Waals surface area contributed by atoms with Crippen molar-refractivity contribution < 1.29 is 9.59 Å². The molecule has 4 N–H and O–H groups in total. The average Bonchev–Trinajstić information content (AvgIpc) is 2.98. The molecule has 0 heterocycles. The minimum absolute atomic E-state index is 0.307. The van der Waals surface area contributed by atoms with Gasteiger partial charge < -0.3 is 21.3 Å². The summed E-state index contributed by atoms with van der Waals surface area (Å²) >= 11 is 3.14. The fourth-order valence-electron chi connectivity index (χ4n) is 4.02. The van der Waals surface area contributed by atoms with Crippen molar-refractivity contribution in [3.05, 3.63) is 132 Å². The van der Waals surface area contributed by atoms with Gasteiger partial charge in [0.25, 0.3) is 0 Å². The highest BCUT2D eigenvalue weighted by molar-refractivity contribution is 8.02. The van der Waals surface area contributed by atoms with Gasteiger partial charge in [0.05, 0.1) is 11.4 Å². The van der Waals surface area contributed by atoms with Gasteiger partial charge in [-0.25, -0.2) is 9.59 Å². The maximum atomic E-state index is 12.8. The van der Waals surface area contributed by atoms with Gasteiger partial charge >= 0.3 is 12.1 Å². The van der Waals surface area contributed by atoms with E-state index in [1.807, 2.05) is 123 Å². The van der Waals surface area contributed by atoms with Crippen LogP contribution < -0.4 is 21.3 Å². The first-order chi connectivity index (χ1) is 20.4. The Bertz CT molecular complexity index is 1560. The third-order valence-corrected chi connectivity index (χ3v) is 8.61. The van der Waals surface area contributed by atoms with E-state index in [4.69, 9.17) is 0 Å². The van der Waals surface area contributed by atoms with E-state index >= 15 is 0 Å². The first kappa shape index (κ1) is 28.9. The molecule has 42 heavy (non-hydrogen) atoms. The fourth-order valence-corrected chi connectivity index (χ4v) is 6.12. The first-order valence-corrected chi connectivity index (χ1v) is 15.0. The zero-order chi connectivity index (χ0) is 29.3. The van der Waals surface area contributed by atoms with Crippen molar-refractivity contribution >= 4 is 58.3 Å². The summed E-state index contributed by atoms with van der Waals surface area (Å²) < 4.78 is 0. The van der Waals surface area contributed by atoms with Gasteiger partial charge in [0, 0.05) is 31.0 Å². The highest BCUT2D eigenvalue weighted by atomic mass is 32.2. The van der Waals surface area contributed by atoms with Crippen LogP contribution in [0.2, 0.25) is 0 Å². The molecule has 0 saturated heterocycles. The molecule has 0 saturated carbocycles. The van der Waals surface area contributed by atoms with Crippen LogP contribution in [-0.4, -0.2) is 12.1 Å². The number of aryl methyl sites for hydroxylation is 2. The molecule has 210 valence electrons. The highest BCUT2D eigenvalue weighted by Gasteiger charge is 2.14. The van der Waals surface area contributed by atoms with Gasteiger partial charge in [0.2, 0.25) is 0 Å². The molecule has 8 heteroatoms. The van der Waals surface area contributed by atoms with E-state index in [1.165, 1.54) is 0 Å². The third-order valence-electron chi connectivity index (χ3n) is 6.18. The van der Waals surface area contributed by atoms with Crippen molar-refractivity contribution in [1.29, 1.82) is 0 Å². The predicted molar refractivity (Wildman–Crippen MR) is 175 cm³/mol. The predicted octanol–water partition coefficient (Wildman–Crippen LogP) is 9.89. The van der Waals surface area contributed by atoms with Gasteiger partial charge in [-0.15, -0.1) is 0 Å². The fraction of sp³-hybridized carbons (Fsp3) is 0.0588. The summed E-state index contributed by atoms with van der Waals surface area (Å²) in [7, 11) is 0. The number of urea groups is 2. The Morgan fingerprint density at radius 2 is 0.762 bits per heavy atom.